The average Bonchev–Trinajstić information content (AvgIpc) is 2.56. The molecule has 5 nitrogen and oxygen atoms in total. The standard InChI is InChI=1S/C17H17NO4S/c1-2-22-13-7-9-14(10-8-13)23(20,21)18-12-11-17(19)15-5-3-4-6-16(15)18/h3-10H,2,11-12H2,1H3. The Morgan fingerprint density at radius 2 is 1.78 bits per heavy atom. The molecule has 0 unspecified atom stereocenters. The summed E-state index contributed by atoms with van der Waals surface area (Å²) in [5.74, 6) is 0.597. The maximum absolute atomic E-state index is 12.9. The number of rotatable bonds is 4. The van der Waals surface area contributed by atoms with Crippen LogP contribution in [-0.2, 0) is 10.0 Å². The Morgan fingerprint density at radius 1 is 1.09 bits per heavy atom. The average molecular weight is 331 g/mol. The number of carbonyl (C=O) groups is 1. The predicted molar refractivity (Wildman–Crippen MR) is 87.5 cm³/mol. The highest BCUT2D eigenvalue weighted by Gasteiger charge is 2.31. The molecule has 0 saturated carbocycles. The van der Waals surface area contributed by atoms with Gasteiger partial charge in [0.15, 0.2) is 5.78 Å². The van der Waals surface area contributed by atoms with E-state index >= 15 is 0 Å². The SMILES string of the molecule is CCOc1ccc(S(=O)(=O)N2CCC(=O)c3ccccc32)cc1. The molecule has 0 atom stereocenters. The minimum Gasteiger partial charge on any atom is -0.494 e. The van der Waals surface area contributed by atoms with Crippen molar-refractivity contribution in [2.24, 2.45) is 0 Å². The Balaban J connectivity index is 2.00. The van der Waals surface area contributed by atoms with Gasteiger partial charge in [-0.3, -0.25) is 9.10 Å². The van der Waals surface area contributed by atoms with Crippen molar-refractivity contribution in [3.8, 4) is 5.75 Å². The first-order valence-electron chi connectivity index (χ1n) is 7.42. The van der Waals surface area contributed by atoms with Gasteiger partial charge in [0.2, 0.25) is 0 Å². The molecule has 1 aliphatic heterocycles. The molecule has 2 aromatic rings. The monoisotopic (exact) mass is 331 g/mol. The third kappa shape index (κ3) is 2.82. The molecule has 1 heterocycles. The highest BCUT2D eigenvalue weighted by atomic mass is 32.2. The molecule has 0 saturated heterocycles. The van der Waals surface area contributed by atoms with Crippen molar-refractivity contribution >= 4 is 21.5 Å². The molecule has 120 valence electrons. The van der Waals surface area contributed by atoms with Gasteiger partial charge in [-0.25, -0.2) is 8.42 Å². The molecule has 0 radical (unpaired) electrons. The molecule has 0 amide bonds. The van der Waals surface area contributed by atoms with Gasteiger partial charge in [0.1, 0.15) is 5.75 Å². The number of anilines is 1. The number of hydrogen-bond donors (Lipinski definition) is 0. The number of fused-ring (bicyclic) bond motifs is 1. The van der Waals surface area contributed by atoms with Gasteiger partial charge >= 0.3 is 0 Å². The normalized spacial score (nSPS) is 14.5. The number of nitrogens with zero attached hydrogens (tertiary/aromatic N) is 1. The van der Waals surface area contributed by atoms with E-state index in [1.54, 1.807) is 36.4 Å². The predicted octanol–water partition coefficient (Wildman–Crippen LogP) is 2.87. The summed E-state index contributed by atoms with van der Waals surface area (Å²) in [7, 11) is -3.71. The molecule has 23 heavy (non-hydrogen) atoms. The van der Waals surface area contributed by atoms with Crippen LogP contribution >= 0.6 is 0 Å². The second-order valence-corrected chi connectivity index (χ2v) is 7.03. The topological polar surface area (TPSA) is 63.7 Å². The van der Waals surface area contributed by atoms with Crippen LogP contribution in [0.4, 0.5) is 5.69 Å². The maximum atomic E-state index is 12.9. The van der Waals surface area contributed by atoms with Crippen LogP contribution in [0.5, 0.6) is 5.75 Å². The third-order valence-electron chi connectivity index (χ3n) is 3.74. The molecule has 0 spiro atoms. The van der Waals surface area contributed by atoms with E-state index < -0.39 is 10.0 Å². The second kappa shape index (κ2) is 6.04. The van der Waals surface area contributed by atoms with E-state index in [-0.39, 0.29) is 23.6 Å². The molecule has 2 aromatic carbocycles. The van der Waals surface area contributed by atoms with Gasteiger partial charge in [-0.05, 0) is 43.3 Å². The van der Waals surface area contributed by atoms with Gasteiger partial charge in [0.25, 0.3) is 10.0 Å². The van der Waals surface area contributed by atoms with E-state index in [1.807, 2.05) is 6.92 Å². The Kier molecular flexibility index (Phi) is 4.09. The molecule has 0 bridgehead atoms. The molecule has 0 fully saturated rings. The quantitative estimate of drug-likeness (QED) is 0.864. The van der Waals surface area contributed by atoms with E-state index in [9.17, 15) is 13.2 Å². The van der Waals surface area contributed by atoms with E-state index in [0.29, 0.717) is 23.6 Å². The minimum absolute atomic E-state index is 0.0289. The van der Waals surface area contributed by atoms with Crippen LogP contribution in [0, 0.1) is 0 Å². The molecular formula is C17H17NO4S. The lowest BCUT2D eigenvalue weighted by Gasteiger charge is -2.29. The Labute approximate surface area is 135 Å². The summed E-state index contributed by atoms with van der Waals surface area (Å²) in [6.45, 7) is 2.55. The summed E-state index contributed by atoms with van der Waals surface area (Å²) in [6, 6.07) is 13.1. The van der Waals surface area contributed by atoms with Crippen LogP contribution in [0.25, 0.3) is 0 Å². The fraction of sp³-hybridized carbons (Fsp3) is 0.235. The highest BCUT2D eigenvalue weighted by molar-refractivity contribution is 7.92. The summed E-state index contributed by atoms with van der Waals surface area (Å²) < 4.78 is 32.4. The van der Waals surface area contributed by atoms with E-state index in [0.717, 1.165) is 0 Å². The van der Waals surface area contributed by atoms with E-state index in [4.69, 9.17) is 4.74 Å². The smallest absolute Gasteiger partial charge is 0.264 e. The molecular weight excluding hydrogens is 314 g/mol. The lowest BCUT2D eigenvalue weighted by Crippen LogP contribution is -2.37. The third-order valence-corrected chi connectivity index (χ3v) is 5.57. The Bertz CT molecular complexity index is 828. The summed E-state index contributed by atoms with van der Waals surface area (Å²) in [5.41, 5.74) is 0.894. The zero-order valence-corrected chi connectivity index (χ0v) is 13.5. The van der Waals surface area contributed by atoms with Crippen molar-refractivity contribution in [2.75, 3.05) is 17.5 Å². The van der Waals surface area contributed by atoms with Crippen molar-refractivity contribution in [2.45, 2.75) is 18.2 Å². The summed E-state index contributed by atoms with van der Waals surface area (Å²) in [5, 5.41) is 0. The van der Waals surface area contributed by atoms with Gasteiger partial charge in [-0.1, -0.05) is 12.1 Å². The van der Waals surface area contributed by atoms with Crippen molar-refractivity contribution < 1.29 is 17.9 Å². The van der Waals surface area contributed by atoms with Crippen molar-refractivity contribution in [1.29, 1.82) is 0 Å². The van der Waals surface area contributed by atoms with Crippen LogP contribution in [-0.4, -0.2) is 27.4 Å². The highest BCUT2D eigenvalue weighted by Crippen LogP contribution is 2.32. The summed E-state index contributed by atoms with van der Waals surface area (Å²) in [4.78, 5) is 12.2. The fourth-order valence-electron chi connectivity index (χ4n) is 2.64. The van der Waals surface area contributed by atoms with E-state index in [2.05, 4.69) is 0 Å². The first kappa shape index (κ1) is 15.6. The van der Waals surface area contributed by atoms with E-state index in [1.165, 1.54) is 16.4 Å². The molecule has 1 aliphatic rings. The van der Waals surface area contributed by atoms with Crippen LogP contribution < -0.4 is 9.04 Å². The molecule has 0 aromatic heterocycles. The van der Waals surface area contributed by atoms with Gasteiger partial charge in [0, 0.05) is 18.5 Å². The van der Waals surface area contributed by atoms with Crippen molar-refractivity contribution in [3.63, 3.8) is 0 Å². The van der Waals surface area contributed by atoms with Gasteiger partial charge in [0.05, 0.1) is 17.2 Å². The number of hydrogen-bond acceptors (Lipinski definition) is 4. The Morgan fingerprint density at radius 3 is 2.48 bits per heavy atom. The number of Topliss-reactive ketones (excluding diaryl/α,β-unsaturated/α-hetero) is 1. The zero-order valence-electron chi connectivity index (χ0n) is 12.7. The fourth-order valence-corrected chi connectivity index (χ4v) is 4.12. The lowest BCUT2D eigenvalue weighted by atomic mass is 10.0. The molecule has 3 rings (SSSR count). The Hall–Kier alpha value is -2.34. The lowest BCUT2D eigenvalue weighted by molar-refractivity contribution is 0.0982. The van der Waals surface area contributed by atoms with Gasteiger partial charge in [-0.15, -0.1) is 0 Å². The molecule has 0 aliphatic carbocycles. The largest absolute Gasteiger partial charge is 0.494 e. The summed E-state index contributed by atoms with van der Waals surface area (Å²) in [6.07, 6.45) is 0.188. The first-order valence-corrected chi connectivity index (χ1v) is 8.86. The minimum atomic E-state index is -3.71. The number of para-hydroxylation sites is 1. The first-order chi connectivity index (χ1) is 11.0. The number of ether oxygens (including phenoxy) is 1. The number of benzene rings is 2. The van der Waals surface area contributed by atoms with Gasteiger partial charge in [-0.2, -0.15) is 0 Å². The van der Waals surface area contributed by atoms with Crippen molar-refractivity contribution in [3.05, 3.63) is 54.1 Å². The zero-order chi connectivity index (χ0) is 16.4. The number of sulfonamides is 1. The number of carbonyl (C=O) groups excluding carboxylic acids is 1. The van der Waals surface area contributed by atoms with Crippen LogP contribution in [0.3, 0.4) is 0 Å². The second-order valence-electron chi connectivity index (χ2n) is 5.17. The summed E-state index contributed by atoms with van der Waals surface area (Å²) >= 11 is 0. The van der Waals surface area contributed by atoms with Crippen LogP contribution in [0.1, 0.15) is 23.7 Å². The van der Waals surface area contributed by atoms with Crippen LogP contribution in [0.15, 0.2) is 53.4 Å². The van der Waals surface area contributed by atoms with Crippen LogP contribution in [0.2, 0.25) is 0 Å². The molecule has 0 N–H and O–H groups in total. The maximum Gasteiger partial charge on any atom is 0.264 e. The molecule has 6 heteroatoms. The van der Waals surface area contributed by atoms with Crippen molar-refractivity contribution in [1.82, 2.24) is 0 Å². The number of ketones is 1. The van der Waals surface area contributed by atoms with Gasteiger partial charge < -0.3 is 4.74 Å².